The summed E-state index contributed by atoms with van der Waals surface area (Å²) in [6.07, 6.45) is 0. The molecule has 0 saturated carbocycles. The summed E-state index contributed by atoms with van der Waals surface area (Å²) in [6, 6.07) is 14.8. The summed E-state index contributed by atoms with van der Waals surface area (Å²) >= 11 is 0. The van der Waals surface area contributed by atoms with Crippen LogP contribution in [0.1, 0.15) is 27.0 Å². The van der Waals surface area contributed by atoms with Crippen molar-refractivity contribution in [2.24, 2.45) is 0 Å². The van der Waals surface area contributed by atoms with Gasteiger partial charge in [0.05, 0.1) is 5.57 Å². The van der Waals surface area contributed by atoms with Crippen molar-refractivity contribution in [2.45, 2.75) is 6.92 Å². The molecule has 0 atom stereocenters. The lowest BCUT2D eigenvalue weighted by molar-refractivity contribution is 0.105. The maximum Gasteiger partial charge on any atom is 0.198 e. The molecule has 0 amide bonds. The molecule has 0 radical (unpaired) electrons. The minimum Gasteiger partial charge on any atom is -0.507 e. The number of benzene rings is 2. The molecule has 2 nitrogen and oxygen atoms in total. The normalized spacial score (nSPS) is 13.9. The molecular weight excluding hydrogens is 224 g/mol. The van der Waals surface area contributed by atoms with E-state index in [1.165, 1.54) is 0 Å². The quantitative estimate of drug-likeness (QED) is 0.821. The first-order valence-corrected chi connectivity index (χ1v) is 5.83. The average Bonchev–Trinajstić information content (AvgIpc) is 2.63. The van der Waals surface area contributed by atoms with E-state index in [1.54, 1.807) is 12.1 Å². The van der Waals surface area contributed by atoms with Gasteiger partial charge in [-0.1, -0.05) is 54.1 Å². The summed E-state index contributed by atoms with van der Waals surface area (Å²) in [5.74, 6) is -0.0186. The average molecular weight is 236 g/mol. The predicted octanol–water partition coefficient (Wildman–Crippen LogP) is 3.62. The van der Waals surface area contributed by atoms with Crippen LogP contribution in [-0.2, 0) is 0 Å². The van der Waals surface area contributed by atoms with E-state index in [2.05, 4.69) is 0 Å². The third-order valence-electron chi connectivity index (χ3n) is 3.20. The minimum atomic E-state index is -0.103. The summed E-state index contributed by atoms with van der Waals surface area (Å²) in [5.41, 5.74) is 3.44. The number of hydrogen-bond donors (Lipinski definition) is 1. The summed E-state index contributed by atoms with van der Waals surface area (Å²) in [6.45, 7) is 1.97. The Balaban J connectivity index is 2.21. The molecule has 18 heavy (non-hydrogen) atoms. The van der Waals surface area contributed by atoms with E-state index >= 15 is 0 Å². The van der Waals surface area contributed by atoms with Gasteiger partial charge in [-0.2, -0.15) is 0 Å². The number of carbonyl (C=O) groups excluding carboxylic acids is 1. The Bertz CT molecular complexity index is 681. The van der Waals surface area contributed by atoms with E-state index < -0.39 is 0 Å². The first kappa shape index (κ1) is 10.8. The highest BCUT2D eigenvalue weighted by atomic mass is 16.3. The van der Waals surface area contributed by atoms with E-state index in [0.717, 1.165) is 11.1 Å². The molecule has 0 aromatic heterocycles. The second-order valence-corrected chi connectivity index (χ2v) is 4.47. The Labute approximate surface area is 105 Å². The Morgan fingerprint density at radius 3 is 2.33 bits per heavy atom. The molecule has 0 unspecified atom stereocenters. The Morgan fingerprint density at radius 2 is 1.67 bits per heavy atom. The van der Waals surface area contributed by atoms with Gasteiger partial charge in [0.15, 0.2) is 5.78 Å². The van der Waals surface area contributed by atoms with Crippen LogP contribution in [0.15, 0.2) is 48.5 Å². The van der Waals surface area contributed by atoms with Crippen LogP contribution in [0.2, 0.25) is 0 Å². The van der Waals surface area contributed by atoms with Crippen LogP contribution in [0.25, 0.3) is 11.3 Å². The van der Waals surface area contributed by atoms with Crippen LogP contribution in [-0.4, -0.2) is 10.9 Å². The molecule has 2 heteroatoms. The zero-order chi connectivity index (χ0) is 12.7. The first-order valence-electron chi connectivity index (χ1n) is 5.83. The molecule has 0 bridgehead atoms. The molecule has 0 saturated heterocycles. The zero-order valence-corrected chi connectivity index (χ0v) is 9.97. The third kappa shape index (κ3) is 1.46. The second-order valence-electron chi connectivity index (χ2n) is 4.47. The molecule has 0 spiro atoms. The summed E-state index contributed by atoms with van der Waals surface area (Å²) in [7, 11) is 0. The van der Waals surface area contributed by atoms with Crippen LogP contribution in [0.4, 0.5) is 0 Å². The van der Waals surface area contributed by atoms with Gasteiger partial charge in [0.25, 0.3) is 0 Å². The van der Waals surface area contributed by atoms with E-state index in [0.29, 0.717) is 16.7 Å². The number of ketones is 1. The van der Waals surface area contributed by atoms with Crippen molar-refractivity contribution in [1.29, 1.82) is 0 Å². The minimum absolute atomic E-state index is 0.0844. The van der Waals surface area contributed by atoms with Gasteiger partial charge in [-0.15, -0.1) is 0 Å². The molecule has 0 aliphatic heterocycles. The number of Topliss-reactive ketones (excluding diaryl/α,β-unsaturated/α-hetero) is 1. The zero-order valence-electron chi connectivity index (χ0n) is 9.97. The van der Waals surface area contributed by atoms with Crippen molar-refractivity contribution in [3.63, 3.8) is 0 Å². The Kier molecular flexibility index (Phi) is 2.30. The molecule has 2 aromatic carbocycles. The number of carbonyl (C=O) groups is 1. The summed E-state index contributed by atoms with van der Waals surface area (Å²) < 4.78 is 0. The van der Waals surface area contributed by atoms with Crippen molar-refractivity contribution in [3.05, 3.63) is 70.8 Å². The van der Waals surface area contributed by atoms with E-state index in [-0.39, 0.29) is 11.5 Å². The first-order chi connectivity index (χ1) is 8.68. The van der Waals surface area contributed by atoms with Crippen molar-refractivity contribution in [1.82, 2.24) is 0 Å². The predicted molar refractivity (Wildman–Crippen MR) is 71.4 cm³/mol. The van der Waals surface area contributed by atoms with Crippen LogP contribution in [0.3, 0.4) is 0 Å². The number of aliphatic hydroxyl groups is 1. The van der Waals surface area contributed by atoms with E-state index in [1.807, 2.05) is 43.3 Å². The molecule has 0 heterocycles. The maximum atomic E-state index is 12.3. The van der Waals surface area contributed by atoms with Crippen molar-refractivity contribution in [3.8, 4) is 0 Å². The molecule has 1 aliphatic rings. The smallest absolute Gasteiger partial charge is 0.198 e. The SMILES string of the molecule is Cc1cccc(C2=C(O)c3ccccc3C2=O)c1. The molecule has 88 valence electrons. The number of hydrogen-bond acceptors (Lipinski definition) is 2. The number of fused-ring (bicyclic) bond motifs is 1. The highest BCUT2D eigenvalue weighted by Gasteiger charge is 2.29. The number of aliphatic hydroxyl groups excluding tert-OH is 1. The van der Waals surface area contributed by atoms with Crippen LogP contribution >= 0.6 is 0 Å². The van der Waals surface area contributed by atoms with Gasteiger partial charge in [-0.3, -0.25) is 4.79 Å². The molecule has 2 aromatic rings. The fraction of sp³-hybridized carbons (Fsp3) is 0.0625. The highest BCUT2D eigenvalue weighted by molar-refractivity contribution is 6.38. The standard InChI is InChI=1S/C16H12O2/c1-10-5-4-6-11(9-10)14-15(17)12-7-2-3-8-13(12)16(14)18/h2-9,17H,1H3. The Morgan fingerprint density at radius 1 is 0.944 bits per heavy atom. The second kappa shape index (κ2) is 3.84. The lowest BCUT2D eigenvalue weighted by Gasteiger charge is -2.03. The van der Waals surface area contributed by atoms with Crippen molar-refractivity contribution >= 4 is 17.1 Å². The number of rotatable bonds is 1. The van der Waals surface area contributed by atoms with E-state index in [4.69, 9.17) is 0 Å². The molecule has 0 fully saturated rings. The molecule has 1 N–H and O–H groups in total. The monoisotopic (exact) mass is 236 g/mol. The van der Waals surface area contributed by atoms with Gasteiger partial charge in [0, 0.05) is 11.1 Å². The molecule has 3 rings (SSSR count). The number of aryl methyl sites for hydroxylation is 1. The van der Waals surface area contributed by atoms with Gasteiger partial charge in [-0.25, -0.2) is 0 Å². The summed E-state index contributed by atoms with van der Waals surface area (Å²) in [4.78, 5) is 12.3. The maximum absolute atomic E-state index is 12.3. The van der Waals surface area contributed by atoms with Gasteiger partial charge >= 0.3 is 0 Å². The Hall–Kier alpha value is -2.35. The molecule has 1 aliphatic carbocycles. The van der Waals surface area contributed by atoms with Gasteiger partial charge in [-0.05, 0) is 12.5 Å². The van der Waals surface area contributed by atoms with Gasteiger partial charge in [0.2, 0.25) is 0 Å². The van der Waals surface area contributed by atoms with Crippen LogP contribution in [0, 0.1) is 6.92 Å². The third-order valence-corrected chi connectivity index (χ3v) is 3.20. The highest BCUT2D eigenvalue weighted by Crippen LogP contribution is 2.36. The van der Waals surface area contributed by atoms with Crippen molar-refractivity contribution in [2.75, 3.05) is 0 Å². The van der Waals surface area contributed by atoms with Crippen LogP contribution < -0.4 is 0 Å². The largest absolute Gasteiger partial charge is 0.507 e. The van der Waals surface area contributed by atoms with E-state index in [9.17, 15) is 9.90 Å². The molecular formula is C16H12O2. The summed E-state index contributed by atoms with van der Waals surface area (Å²) in [5, 5.41) is 10.2. The van der Waals surface area contributed by atoms with Crippen LogP contribution in [0.5, 0.6) is 0 Å². The lowest BCUT2D eigenvalue weighted by Crippen LogP contribution is -1.98. The fourth-order valence-electron chi connectivity index (χ4n) is 2.33. The number of allylic oxidation sites excluding steroid dienone is 1. The van der Waals surface area contributed by atoms with Gasteiger partial charge < -0.3 is 5.11 Å². The lowest BCUT2D eigenvalue weighted by atomic mass is 10.0. The van der Waals surface area contributed by atoms with Gasteiger partial charge in [0.1, 0.15) is 5.76 Å². The fourth-order valence-corrected chi connectivity index (χ4v) is 2.33. The topological polar surface area (TPSA) is 37.3 Å². The van der Waals surface area contributed by atoms with Crippen molar-refractivity contribution < 1.29 is 9.90 Å².